The average Bonchev–Trinajstić information content (AvgIpc) is 2.18. The Hall–Kier alpha value is -0.590. The van der Waals surface area contributed by atoms with Crippen LogP contribution in [-0.4, -0.2) is 45.2 Å². The van der Waals surface area contributed by atoms with Gasteiger partial charge in [0.15, 0.2) is 0 Å². The maximum Gasteiger partial charge on any atom is 0.211 e. The van der Waals surface area contributed by atoms with Crippen molar-refractivity contribution >= 4 is 31.6 Å². The van der Waals surface area contributed by atoms with E-state index in [1.165, 1.54) is 17.5 Å². The van der Waals surface area contributed by atoms with E-state index >= 15 is 0 Å². The van der Waals surface area contributed by atoms with E-state index in [4.69, 9.17) is 0 Å². The molecule has 1 aromatic carbocycles. The first-order chi connectivity index (χ1) is 8.81. The Morgan fingerprint density at radius 3 is 2.42 bits per heavy atom. The largest absolute Gasteiger partial charge is 0.370 e. The minimum Gasteiger partial charge on any atom is -0.370 e. The standard InChI is InChI=1S/C13H17BrN2O2S/c1-10-11(14)4-3-5-12(10)15-6-13(7-15)8-16(9-13)19(2,17)18/h3-5H,6-9H2,1-2H3. The molecule has 2 aliphatic rings. The lowest BCUT2D eigenvalue weighted by Gasteiger charge is -2.60. The molecule has 104 valence electrons. The zero-order valence-corrected chi connectivity index (χ0v) is 13.5. The summed E-state index contributed by atoms with van der Waals surface area (Å²) in [6.45, 7) is 5.37. The van der Waals surface area contributed by atoms with Gasteiger partial charge in [0, 0.05) is 41.8 Å². The lowest BCUT2D eigenvalue weighted by Crippen LogP contribution is -2.73. The number of anilines is 1. The van der Waals surface area contributed by atoms with Crippen LogP contribution in [0, 0.1) is 12.3 Å². The van der Waals surface area contributed by atoms with Crippen molar-refractivity contribution in [2.24, 2.45) is 5.41 Å². The van der Waals surface area contributed by atoms with Crippen LogP contribution in [0.2, 0.25) is 0 Å². The van der Waals surface area contributed by atoms with Crippen LogP contribution in [0.5, 0.6) is 0 Å². The lowest BCUT2D eigenvalue weighted by atomic mass is 9.74. The summed E-state index contributed by atoms with van der Waals surface area (Å²) >= 11 is 3.55. The highest BCUT2D eigenvalue weighted by atomic mass is 79.9. The molecular formula is C13H17BrN2O2S. The van der Waals surface area contributed by atoms with E-state index in [2.05, 4.69) is 33.8 Å². The molecule has 0 radical (unpaired) electrons. The molecule has 4 nitrogen and oxygen atoms in total. The van der Waals surface area contributed by atoms with Gasteiger partial charge in [0.05, 0.1) is 6.26 Å². The van der Waals surface area contributed by atoms with Crippen molar-refractivity contribution in [2.75, 3.05) is 37.3 Å². The lowest BCUT2D eigenvalue weighted by molar-refractivity contribution is 0.0400. The smallest absolute Gasteiger partial charge is 0.211 e. The van der Waals surface area contributed by atoms with Crippen LogP contribution in [0.1, 0.15) is 5.56 Å². The number of sulfonamides is 1. The summed E-state index contributed by atoms with van der Waals surface area (Å²) in [7, 11) is -3.00. The molecule has 1 spiro atoms. The van der Waals surface area contributed by atoms with Gasteiger partial charge in [0.2, 0.25) is 10.0 Å². The summed E-state index contributed by atoms with van der Waals surface area (Å²) in [5.74, 6) is 0. The molecule has 2 aliphatic heterocycles. The third-order valence-electron chi connectivity index (χ3n) is 4.12. The zero-order chi connectivity index (χ0) is 13.8. The Kier molecular flexibility index (Phi) is 2.96. The van der Waals surface area contributed by atoms with Crippen LogP contribution in [0.4, 0.5) is 5.69 Å². The number of hydrogen-bond acceptors (Lipinski definition) is 3. The van der Waals surface area contributed by atoms with Crippen molar-refractivity contribution in [3.8, 4) is 0 Å². The first-order valence-electron chi connectivity index (χ1n) is 6.26. The highest BCUT2D eigenvalue weighted by molar-refractivity contribution is 9.10. The number of nitrogens with zero attached hydrogens (tertiary/aromatic N) is 2. The van der Waals surface area contributed by atoms with E-state index in [0.29, 0.717) is 13.1 Å². The van der Waals surface area contributed by atoms with Crippen LogP contribution in [-0.2, 0) is 10.0 Å². The Morgan fingerprint density at radius 2 is 1.84 bits per heavy atom. The van der Waals surface area contributed by atoms with E-state index in [-0.39, 0.29) is 5.41 Å². The van der Waals surface area contributed by atoms with Crippen LogP contribution in [0.15, 0.2) is 22.7 Å². The van der Waals surface area contributed by atoms with Crippen LogP contribution in [0.3, 0.4) is 0 Å². The minimum atomic E-state index is -3.00. The van der Waals surface area contributed by atoms with Gasteiger partial charge >= 0.3 is 0 Å². The maximum atomic E-state index is 11.4. The van der Waals surface area contributed by atoms with Crippen LogP contribution < -0.4 is 4.90 Å². The van der Waals surface area contributed by atoms with E-state index in [0.717, 1.165) is 17.6 Å². The number of halogens is 1. The van der Waals surface area contributed by atoms with Gasteiger partial charge < -0.3 is 4.90 Å². The molecule has 0 amide bonds. The molecule has 0 atom stereocenters. The van der Waals surface area contributed by atoms with Gasteiger partial charge in [-0.3, -0.25) is 0 Å². The van der Waals surface area contributed by atoms with E-state index in [9.17, 15) is 8.42 Å². The zero-order valence-electron chi connectivity index (χ0n) is 11.1. The third-order valence-corrected chi connectivity index (χ3v) is 6.18. The molecule has 0 N–H and O–H groups in total. The Morgan fingerprint density at radius 1 is 1.21 bits per heavy atom. The van der Waals surface area contributed by atoms with E-state index < -0.39 is 10.0 Å². The second-order valence-electron chi connectivity index (χ2n) is 5.77. The molecule has 0 saturated carbocycles. The molecule has 0 aliphatic carbocycles. The summed E-state index contributed by atoms with van der Waals surface area (Å²) < 4.78 is 25.5. The van der Waals surface area contributed by atoms with Crippen molar-refractivity contribution in [3.05, 3.63) is 28.2 Å². The minimum absolute atomic E-state index is 0.192. The fraction of sp³-hybridized carbons (Fsp3) is 0.538. The predicted octanol–water partition coefficient (Wildman–Crippen LogP) is 1.84. The normalized spacial score (nSPS) is 22.2. The average molecular weight is 345 g/mol. The monoisotopic (exact) mass is 344 g/mol. The molecule has 2 fully saturated rings. The quantitative estimate of drug-likeness (QED) is 0.821. The molecule has 2 saturated heterocycles. The third kappa shape index (κ3) is 2.19. The Balaban J connectivity index is 1.67. The van der Waals surface area contributed by atoms with Crippen molar-refractivity contribution in [3.63, 3.8) is 0 Å². The van der Waals surface area contributed by atoms with E-state index in [1.807, 2.05) is 12.1 Å². The van der Waals surface area contributed by atoms with Gasteiger partial charge in [-0.15, -0.1) is 0 Å². The Bertz CT molecular complexity index is 616. The van der Waals surface area contributed by atoms with Crippen molar-refractivity contribution in [2.45, 2.75) is 6.92 Å². The number of benzene rings is 1. The second kappa shape index (κ2) is 4.20. The molecule has 6 heteroatoms. The summed E-state index contributed by atoms with van der Waals surface area (Å²) in [4.78, 5) is 2.33. The van der Waals surface area contributed by atoms with E-state index in [1.54, 1.807) is 4.31 Å². The molecule has 0 bridgehead atoms. The summed E-state index contributed by atoms with van der Waals surface area (Å²) in [5, 5.41) is 0. The molecule has 3 rings (SSSR count). The van der Waals surface area contributed by atoms with Crippen molar-refractivity contribution < 1.29 is 8.42 Å². The first kappa shape index (κ1) is 13.4. The Labute approximate surface area is 122 Å². The van der Waals surface area contributed by atoms with Gasteiger partial charge in [0.1, 0.15) is 0 Å². The highest BCUT2D eigenvalue weighted by Crippen LogP contribution is 2.44. The molecule has 19 heavy (non-hydrogen) atoms. The molecule has 0 aromatic heterocycles. The topological polar surface area (TPSA) is 40.6 Å². The fourth-order valence-corrected chi connectivity index (χ4v) is 4.38. The van der Waals surface area contributed by atoms with Crippen molar-refractivity contribution in [1.82, 2.24) is 4.31 Å². The van der Waals surface area contributed by atoms with Crippen molar-refractivity contribution in [1.29, 1.82) is 0 Å². The molecule has 1 aromatic rings. The van der Waals surface area contributed by atoms with Crippen LogP contribution in [0.25, 0.3) is 0 Å². The SMILES string of the molecule is Cc1c(Br)cccc1N1CC2(C1)CN(S(C)(=O)=O)C2. The second-order valence-corrected chi connectivity index (χ2v) is 8.61. The molecule has 2 heterocycles. The summed E-state index contributed by atoms with van der Waals surface area (Å²) in [6.07, 6.45) is 1.29. The highest BCUT2D eigenvalue weighted by Gasteiger charge is 2.54. The summed E-state index contributed by atoms with van der Waals surface area (Å²) in [6, 6.07) is 6.21. The first-order valence-corrected chi connectivity index (χ1v) is 8.90. The van der Waals surface area contributed by atoms with Crippen LogP contribution >= 0.6 is 15.9 Å². The van der Waals surface area contributed by atoms with Gasteiger partial charge in [-0.1, -0.05) is 22.0 Å². The predicted molar refractivity (Wildman–Crippen MR) is 79.9 cm³/mol. The summed E-state index contributed by atoms with van der Waals surface area (Å²) in [5.41, 5.74) is 2.69. The van der Waals surface area contributed by atoms with Gasteiger partial charge in [-0.2, -0.15) is 0 Å². The van der Waals surface area contributed by atoms with Gasteiger partial charge in [-0.05, 0) is 24.6 Å². The maximum absolute atomic E-state index is 11.4. The number of rotatable bonds is 2. The number of hydrogen-bond donors (Lipinski definition) is 0. The fourth-order valence-electron chi connectivity index (χ4n) is 3.01. The van der Waals surface area contributed by atoms with Gasteiger partial charge in [-0.25, -0.2) is 12.7 Å². The van der Waals surface area contributed by atoms with Gasteiger partial charge in [0.25, 0.3) is 0 Å². The molecular weight excluding hydrogens is 328 g/mol. The molecule has 0 unspecified atom stereocenters.